The molecule has 4 nitrogen and oxygen atoms in total. The van der Waals surface area contributed by atoms with Gasteiger partial charge in [-0.15, -0.1) is 0 Å². The van der Waals surface area contributed by atoms with Gasteiger partial charge in [-0.1, -0.05) is 6.07 Å². The maximum absolute atomic E-state index is 12.3. The number of amides is 1. The summed E-state index contributed by atoms with van der Waals surface area (Å²) in [6.45, 7) is 0.830. The largest absolute Gasteiger partial charge is 0.465 e. The van der Waals surface area contributed by atoms with Gasteiger partial charge >= 0.3 is 5.97 Å². The fraction of sp³-hybridized carbons (Fsp3) is 0.467. The monoisotopic (exact) mass is 259 g/mol. The molecule has 0 bridgehead atoms. The lowest BCUT2D eigenvalue weighted by atomic mass is 9.83. The number of hydrogen-bond acceptors (Lipinski definition) is 3. The maximum Gasteiger partial charge on any atom is 0.337 e. The molecule has 1 spiro atoms. The van der Waals surface area contributed by atoms with E-state index < -0.39 is 0 Å². The molecule has 1 fully saturated rings. The predicted octanol–water partition coefficient (Wildman–Crippen LogP) is 1.42. The minimum Gasteiger partial charge on any atom is -0.465 e. The maximum atomic E-state index is 12.3. The molecule has 19 heavy (non-hydrogen) atoms. The number of nitrogens with zero attached hydrogens (tertiary/aromatic N) is 1. The van der Waals surface area contributed by atoms with E-state index in [1.807, 2.05) is 24.1 Å². The smallest absolute Gasteiger partial charge is 0.337 e. The molecule has 1 saturated heterocycles. The molecule has 1 aliphatic carbocycles. The van der Waals surface area contributed by atoms with Gasteiger partial charge in [0.1, 0.15) is 0 Å². The topological polar surface area (TPSA) is 46.6 Å². The van der Waals surface area contributed by atoms with E-state index in [9.17, 15) is 9.59 Å². The van der Waals surface area contributed by atoms with Gasteiger partial charge in [-0.05, 0) is 42.5 Å². The normalized spacial score (nSPS) is 24.9. The van der Waals surface area contributed by atoms with Crippen LogP contribution in [-0.2, 0) is 22.4 Å². The molecule has 100 valence electrons. The lowest BCUT2D eigenvalue weighted by molar-refractivity contribution is -0.134. The first-order valence-corrected chi connectivity index (χ1v) is 6.51. The van der Waals surface area contributed by atoms with Gasteiger partial charge in [-0.2, -0.15) is 0 Å². The molecule has 0 aromatic heterocycles. The molecule has 1 aromatic rings. The number of carbonyl (C=O) groups is 2. The molecule has 1 heterocycles. The molecule has 0 radical (unpaired) electrons. The first-order chi connectivity index (χ1) is 9.05. The number of esters is 1. The van der Waals surface area contributed by atoms with Crippen molar-refractivity contribution >= 4 is 11.9 Å². The van der Waals surface area contributed by atoms with Crippen LogP contribution < -0.4 is 0 Å². The van der Waals surface area contributed by atoms with Crippen molar-refractivity contribution in [3.8, 4) is 0 Å². The second-order valence-electron chi connectivity index (χ2n) is 5.59. The third-order valence-corrected chi connectivity index (χ3v) is 4.41. The summed E-state index contributed by atoms with van der Waals surface area (Å²) in [6.07, 6.45) is 2.45. The molecule has 1 aliphatic heterocycles. The van der Waals surface area contributed by atoms with E-state index in [0.717, 1.165) is 31.4 Å². The highest BCUT2D eigenvalue weighted by molar-refractivity contribution is 5.90. The highest BCUT2D eigenvalue weighted by Crippen LogP contribution is 2.44. The number of rotatable bonds is 1. The molecule has 1 aromatic carbocycles. The predicted molar refractivity (Wildman–Crippen MR) is 69.9 cm³/mol. The summed E-state index contributed by atoms with van der Waals surface area (Å²) >= 11 is 0. The van der Waals surface area contributed by atoms with Crippen LogP contribution in [0.15, 0.2) is 18.2 Å². The Balaban J connectivity index is 1.93. The van der Waals surface area contributed by atoms with E-state index in [2.05, 4.69) is 0 Å². The zero-order valence-corrected chi connectivity index (χ0v) is 11.2. The van der Waals surface area contributed by atoms with E-state index in [4.69, 9.17) is 4.74 Å². The van der Waals surface area contributed by atoms with Crippen molar-refractivity contribution < 1.29 is 14.3 Å². The van der Waals surface area contributed by atoms with Gasteiger partial charge in [0.05, 0.1) is 18.1 Å². The lowest BCUT2D eigenvalue weighted by Gasteiger charge is -2.20. The zero-order valence-electron chi connectivity index (χ0n) is 11.2. The van der Waals surface area contributed by atoms with Crippen LogP contribution in [0.25, 0.3) is 0 Å². The molecule has 4 heteroatoms. The Hall–Kier alpha value is -1.84. The van der Waals surface area contributed by atoms with Crippen LogP contribution in [-0.4, -0.2) is 37.5 Å². The van der Waals surface area contributed by atoms with Gasteiger partial charge in [-0.3, -0.25) is 4.79 Å². The summed E-state index contributed by atoms with van der Waals surface area (Å²) in [5, 5.41) is 0. The fourth-order valence-electron chi connectivity index (χ4n) is 3.32. The molecule has 2 aliphatic rings. The molecule has 1 amide bonds. The first kappa shape index (κ1) is 12.2. The van der Waals surface area contributed by atoms with Crippen molar-refractivity contribution in [3.05, 3.63) is 34.9 Å². The third-order valence-electron chi connectivity index (χ3n) is 4.41. The van der Waals surface area contributed by atoms with Crippen LogP contribution in [0.4, 0.5) is 0 Å². The molecular weight excluding hydrogens is 242 g/mol. The summed E-state index contributed by atoms with van der Waals surface area (Å²) in [6, 6.07) is 5.62. The van der Waals surface area contributed by atoms with Gasteiger partial charge in [0, 0.05) is 13.6 Å². The van der Waals surface area contributed by atoms with Crippen molar-refractivity contribution in [3.63, 3.8) is 0 Å². The quantitative estimate of drug-likeness (QED) is 0.717. The first-order valence-electron chi connectivity index (χ1n) is 6.51. The summed E-state index contributed by atoms with van der Waals surface area (Å²) in [7, 11) is 3.24. The summed E-state index contributed by atoms with van der Waals surface area (Å²) < 4.78 is 4.74. The number of ether oxygens (including phenoxy) is 1. The number of benzene rings is 1. The number of likely N-dealkylation sites (tertiary alicyclic amines) is 1. The van der Waals surface area contributed by atoms with Crippen molar-refractivity contribution in [1.82, 2.24) is 4.90 Å². The van der Waals surface area contributed by atoms with Crippen LogP contribution in [0, 0.1) is 5.41 Å². The summed E-state index contributed by atoms with van der Waals surface area (Å²) in [5.74, 6) is -0.0815. The van der Waals surface area contributed by atoms with Gasteiger partial charge in [0.25, 0.3) is 0 Å². The van der Waals surface area contributed by atoms with Gasteiger partial charge in [-0.25, -0.2) is 4.79 Å². The average Bonchev–Trinajstić information content (AvgIpc) is 2.92. The van der Waals surface area contributed by atoms with Crippen LogP contribution >= 0.6 is 0 Å². The van der Waals surface area contributed by atoms with Crippen LogP contribution in [0.3, 0.4) is 0 Å². The summed E-state index contributed by atoms with van der Waals surface area (Å²) in [5.41, 5.74) is 2.62. The Morgan fingerprint density at radius 2 is 2.05 bits per heavy atom. The van der Waals surface area contributed by atoms with E-state index >= 15 is 0 Å². The fourth-order valence-corrected chi connectivity index (χ4v) is 3.32. The second-order valence-corrected chi connectivity index (χ2v) is 5.59. The van der Waals surface area contributed by atoms with Gasteiger partial charge in [0.15, 0.2) is 0 Å². The molecule has 0 saturated carbocycles. The molecule has 0 N–H and O–H groups in total. The van der Waals surface area contributed by atoms with Gasteiger partial charge in [0.2, 0.25) is 5.91 Å². The highest BCUT2D eigenvalue weighted by atomic mass is 16.5. The third kappa shape index (κ3) is 1.74. The Morgan fingerprint density at radius 3 is 2.68 bits per heavy atom. The Bertz CT molecular complexity index is 567. The van der Waals surface area contributed by atoms with Crippen LogP contribution in [0.2, 0.25) is 0 Å². The number of methoxy groups -OCH3 is 1. The lowest BCUT2D eigenvalue weighted by Crippen LogP contribution is -2.32. The summed E-state index contributed by atoms with van der Waals surface area (Å²) in [4.78, 5) is 25.7. The van der Waals surface area contributed by atoms with E-state index in [0.29, 0.717) is 5.56 Å². The zero-order chi connectivity index (χ0) is 13.6. The van der Waals surface area contributed by atoms with Gasteiger partial charge < -0.3 is 9.64 Å². The Kier molecular flexibility index (Phi) is 2.62. The molecule has 3 rings (SSSR count). The Labute approximate surface area is 112 Å². The molecule has 1 atom stereocenters. The van der Waals surface area contributed by atoms with Crippen LogP contribution in [0.5, 0.6) is 0 Å². The van der Waals surface area contributed by atoms with E-state index in [-0.39, 0.29) is 17.3 Å². The second kappa shape index (κ2) is 4.08. The highest BCUT2D eigenvalue weighted by Gasteiger charge is 2.48. The van der Waals surface area contributed by atoms with E-state index in [1.165, 1.54) is 12.7 Å². The minimum atomic E-state index is -0.321. The SMILES string of the molecule is COC(=O)c1ccc2c(c1)C[C@@]1(CCN(C)C1=O)C2. The molecular formula is C15H17NO3. The van der Waals surface area contributed by atoms with Crippen LogP contribution in [0.1, 0.15) is 27.9 Å². The average molecular weight is 259 g/mol. The molecule has 0 unspecified atom stereocenters. The van der Waals surface area contributed by atoms with Crippen molar-refractivity contribution in [1.29, 1.82) is 0 Å². The van der Waals surface area contributed by atoms with Crippen molar-refractivity contribution in [2.45, 2.75) is 19.3 Å². The minimum absolute atomic E-state index is 0.239. The standard InChI is InChI=1S/C15H17NO3/c1-16-6-5-15(14(16)18)8-11-4-3-10(13(17)19-2)7-12(11)9-15/h3-4,7H,5-6,8-9H2,1-2H3/t15-/m1/s1. The number of carbonyl (C=O) groups excluding carboxylic acids is 2. The Morgan fingerprint density at radius 1 is 1.32 bits per heavy atom. The van der Waals surface area contributed by atoms with E-state index in [1.54, 1.807) is 6.07 Å². The van der Waals surface area contributed by atoms with Crippen molar-refractivity contribution in [2.75, 3.05) is 20.7 Å². The number of fused-ring (bicyclic) bond motifs is 1. The number of hydrogen-bond donors (Lipinski definition) is 0. The van der Waals surface area contributed by atoms with Crippen molar-refractivity contribution in [2.24, 2.45) is 5.41 Å².